The van der Waals surface area contributed by atoms with Crippen molar-refractivity contribution in [2.45, 2.75) is 25.8 Å². The molecule has 0 saturated heterocycles. The molecular formula is C16H19N. The van der Waals surface area contributed by atoms with Crippen molar-refractivity contribution in [3.63, 3.8) is 0 Å². The van der Waals surface area contributed by atoms with Gasteiger partial charge in [-0.2, -0.15) is 0 Å². The molecular weight excluding hydrogens is 206 g/mol. The second-order valence-electron chi connectivity index (χ2n) is 4.42. The first-order valence-corrected chi connectivity index (χ1v) is 6.18. The van der Waals surface area contributed by atoms with E-state index >= 15 is 0 Å². The van der Waals surface area contributed by atoms with Crippen LogP contribution in [0.15, 0.2) is 54.6 Å². The Morgan fingerprint density at radius 1 is 0.882 bits per heavy atom. The first-order valence-electron chi connectivity index (χ1n) is 6.18. The molecule has 1 heteroatoms. The summed E-state index contributed by atoms with van der Waals surface area (Å²) < 4.78 is 0. The van der Waals surface area contributed by atoms with Gasteiger partial charge in [0.1, 0.15) is 0 Å². The molecule has 2 N–H and O–H groups in total. The summed E-state index contributed by atoms with van der Waals surface area (Å²) in [4.78, 5) is 0. The molecule has 0 aromatic heterocycles. The van der Waals surface area contributed by atoms with Crippen LogP contribution >= 0.6 is 0 Å². The molecule has 0 bridgehead atoms. The molecule has 1 nitrogen and oxygen atoms in total. The molecule has 0 radical (unpaired) electrons. The molecule has 2 aromatic carbocycles. The average Bonchev–Trinajstić information content (AvgIpc) is 2.40. The summed E-state index contributed by atoms with van der Waals surface area (Å²) in [5, 5.41) is 0. The summed E-state index contributed by atoms with van der Waals surface area (Å²) in [5.41, 5.74) is 9.91. The van der Waals surface area contributed by atoms with Crippen molar-refractivity contribution in [3.05, 3.63) is 71.3 Å². The Labute approximate surface area is 103 Å². The number of nitrogens with two attached hydrogens (primary N) is 1. The summed E-state index contributed by atoms with van der Waals surface area (Å²) in [6.07, 6.45) is 1.97. The van der Waals surface area contributed by atoms with Gasteiger partial charge in [-0.05, 0) is 29.5 Å². The standard InChI is InChI=1S/C16H19N/c1-2-16(17)15-10-8-14(9-11-15)12-13-6-4-3-5-7-13/h3-11,16H,2,12,17H2,1H3/t16-/m0/s1. The SMILES string of the molecule is CC[C@H](N)c1ccc(Cc2ccccc2)cc1. The van der Waals surface area contributed by atoms with Crippen LogP contribution in [0.25, 0.3) is 0 Å². The van der Waals surface area contributed by atoms with Gasteiger partial charge in [0.05, 0.1) is 0 Å². The lowest BCUT2D eigenvalue weighted by molar-refractivity contribution is 0.698. The predicted molar refractivity (Wildman–Crippen MR) is 72.9 cm³/mol. The third-order valence-corrected chi connectivity index (χ3v) is 3.10. The Bertz CT molecular complexity index is 445. The fraction of sp³-hybridized carbons (Fsp3) is 0.250. The van der Waals surface area contributed by atoms with Gasteiger partial charge < -0.3 is 5.73 Å². The largest absolute Gasteiger partial charge is 0.324 e. The highest BCUT2D eigenvalue weighted by Gasteiger charge is 2.02. The molecule has 0 fully saturated rings. The molecule has 0 unspecified atom stereocenters. The molecule has 88 valence electrons. The maximum atomic E-state index is 6.00. The minimum Gasteiger partial charge on any atom is -0.324 e. The molecule has 0 aliphatic carbocycles. The zero-order chi connectivity index (χ0) is 12.1. The van der Waals surface area contributed by atoms with Gasteiger partial charge in [-0.25, -0.2) is 0 Å². The topological polar surface area (TPSA) is 26.0 Å². The van der Waals surface area contributed by atoms with Crippen LogP contribution in [0, 0.1) is 0 Å². The Balaban J connectivity index is 2.08. The smallest absolute Gasteiger partial charge is 0.0292 e. The maximum absolute atomic E-state index is 6.00. The van der Waals surface area contributed by atoms with E-state index in [0.29, 0.717) is 0 Å². The lowest BCUT2D eigenvalue weighted by atomic mass is 10.0. The molecule has 0 aliphatic heterocycles. The first-order chi connectivity index (χ1) is 8.29. The molecule has 2 rings (SSSR count). The van der Waals surface area contributed by atoms with Gasteiger partial charge in [-0.15, -0.1) is 0 Å². The van der Waals surface area contributed by atoms with Crippen LogP contribution in [0.1, 0.15) is 36.1 Å². The fourth-order valence-corrected chi connectivity index (χ4v) is 1.95. The van der Waals surface area contributed by atoms with Gasteiger partial charge >= 0.3 is 0 Å². The summed E-state index contributed by atoms with van der Waals surface area (Å²) in [6.45, 7) is 2.11. The highest BCUT2D eigenvalue weighted by Crippen LogP contribution is 2.16. The minimum absolute atomic E-state index is 0.167. The van der Waals surface area contributed by atoms with Crippen molar-refractivity contribution >= 4 is 0 Å². The average molecular weight is 225 g/mol. The quantitative estimate of drug-likeness (QED) is 0.843. The van der Waals surface area contributed by atoms with Crippen molar-refractivity contribution in [1.29, 1.82) is 0 Å². The molecule has 17 heavy (non-hydrogen) atoms. The molecule has 0 saturated carbocycles. The maximum Gasteiger partial charge on any atom is 0.0292 e. The van der Waals surface area contributed by atoms with E-state index in [-0.39, 0.29) is 6.04 Å². The summed E-state index contributed by atoms with van der Waals surface area (Å²) in [5.74, 6) is 0. The molecule has 2 aromatic rings. The zero-order valence-corrected chi connectivity index (χ0v) is 10.3. The fourth-order valence-electron chi connectivity index (χ4n) is 1.95. The molecule has 0 amide bonds. The van der Waals surface area contributed by atoms with Gasteiger partial charge in [0, 0.05) is 6.04 Å². The zero-order valence-electron chi connectivity index (χ0n) is 10.3. The number of benzene rings is 2. The van der Waals surface area contributed by atoms with Crippen molar-refractivity contribution in [1.82, 2.24) is 0 Å². The second-order valence-corrected chi connectivity index (χ2v) is 4.42. The first kappa shape index (κ1) is 11.9. The van der Waals surface area contributed by atoms with Crippen LogP contribution < -0.4 is 5.73 Å². The van der Waals surface area contributed by atoms with Crippen LogP contribution in [-0.4, -0.2) is 0 Å². The van der Waals surface area contributed by atoms with Gasteiger partial charge in [-0.3, -0.25) is 0 Å². The van der Waals surface area contributed by atoms with Crippen LogP contribution in [0.2, 0.25) is 0 Å². The summed E-state index contributed by atoms with van der Waals surface area (Å²) in [7, 11) is 0. The molecule has 0 aliphatic rings. The third kappa shape index (κ3) is 3.18. The highest BCUT2D eigenvalue weighted by molar-refractivity contribution is 5.29. The number of hydrogen-bond acceptors (Lipinski definition) is 1. The van der Waals surface area contributed by atoms with Gasteiger partial charge in [-0.1, -0.05) is 61.5 Å². The second kappa shape index (κ2) is 5.65. The predicted octanol–water partition coefficient (Wildman–Crippen LogP) is 3.69. The van der Waals surface area contributed by atoms with E-state index in [4.69, 9.17) is 5.73 Å². The highest BCUT2D eigenvalue weighted by atomic mass is 14.6. The van der Waals surface area contributed by atoms with Gasteiger partial charge in [0.2, 0.25) is 0 Å². The Hall–Kier alpha value is -1.60. The third-order valence-electron chi connectivity index (χ3n) is 3.10. The van der Waals surface area contributed by atoms with E-state index < -0.39 is 0 Å². The molecule has 1 atom stereocenters. The van der Waals surface area contributed by atoms with Crippen LogP contribution in [0.4, 0.5) is 0 Å². The normalized spacial score (nSPS) is 12.4. The van der Waals surface area contributed by atoms with Crippen molar-refractivity contribution < 1.29 is 0 Å². The molecule has 0 spiro atoms. The van der Waals surface area contributed by atoms with Crippen LogP contribution in [0.3, 0.4) is 0 Å². The Morgan fingerprint density at radius 3 is 2.06 bits per heavy atom. The summed E-state index contributed by atoms with van der Waals surface area (Å²) >= 11 is 0. The molecule has 0 heterocycles. The van der Waals surface area contributed by atoms with Gasteiger partial charge in [0.15, 0.2) is 0 Å². The lowest BCUT2D eigenvalue weighted by Crippen LogP contribution is -2.08. The summed E-state index contributed by atoms with van der Waals surface area (Å²) in [6, 6.07) is 19.3. The van der Waals surface area contributed by atoms with E-state index in [0.717, 1.165) is 12.8 Å². The van der Waals surface area contributed by atoms with Crippen molar-refractivity contribution in [2.75, 3.05) is 0 Å². The van der Waals surface area contributed by atoms with Crippen LogP contribution in [0.5, 0.6) is 0 Å². The monoisotopic (exact) mass is 225 g/mol. The van der Waals surface area contributed by atoms with E-state index in [1.165, 1.54) is 16.7 Å². The van der Waals surface area contributed by atoms with E-state index in [1.54, 1.807) is 0 Å². The van der Waals surface area contributed by atoms with E-state index in [2.05, 4.69) is 55.5 Å². The van der Waals surface area contributed by atoms with E-state index in [1.807, 2.05) is 6.07 Å². The Morgan fingerprint density at radius 2 is 1.47 bits per heavy atom. The van der Waals surface area contributed by atoms with Crippen LogP contribution in [-0.2, 0) is 6.42 Å². The van der Waals surface area contributed by atoms with E-state index in [9.17, 15) is 0 Å². The van der Waals surface area contributed by atoms with Crippen molar-refractivity contribution in [3.8, 4) is 0 Å². The van der Waals surface area contributed by atoms with Crippen molar-refractivity contribution in [2.24, 2.45) is 5.73 Å². The van der Waals surface area contributed by atoms with Gasteiger partial charge in [0.25, 0.3) is 0 Å². The number of hydrogen-bond donors (Lipinski definition) is 1. The lowest BCUT2D eigenvalue weighted by Gasteiger charge is -2.10. The number of rotatable bonds is 4. The Kier molecular flexibility index (Phi) is 3.94. The minimum atomic E-state index is 0.167.